The first kappa shape index (κ1) is 18.9. The van der Waals surface area contributed by atoms with E-state index in [-0.39, 0.29) is 17.2 Å². The van der Waals surface area contributed by atoms with Crippen LogP contribution in [-0.2, 0) is 9.59 Å². The van der Waals surface area contributed by atoms with Crippen molar-refractivity contribution in [3.63, 3.8) is 0 Å². The summed E-state index contributed by atoms with van der Waals surface area (Å²) in [6, 6.07) is 0. The Morgan fingerprint density at radius 1 is 1.27 bits per heavy atom. The lowest BCUT2D eigenvalue weighted by Crippen LogP contribution is -2.56. The smallest absolute Gasteiger partial charge is 0.242 e. The Kier molecular flexibility index (Phi) is 6.41. The van der Waals surface area contributed by atoms with Gasteiger partial charge >= 0.3 is 0 Å². The maximum Gasteiger partial charge on any atom is 0.242 e. The third-order valence-electron chi connectivity index (χ3n) is 4.30. The van der Waals surface area contributed by atoms with Gasteiger partial charge in [-0.2, -0.15) is 0 Å². The second kappa shape index (κ2) is 7.44. The molecule has 0 saturated carbocycles. The summed E-state index contributed by atoms with van der Waals surface area (Å²) in [7, 11) is 0. The van der Waals surface area contributed by atoms with Crippen molar-refractivity contribution in [3.8, 4) is 0 Å². The number of rotatable bonds is 5. The molecule has 22 heavy (non-hydrogen) atoms. The zero-order valence-electron chi connectivity index (χ0n) is 14.9. The number of likely N-dealkylation sites (tertiary alicyclic amines) is 1. The van der Waals surface area contributed by atoms with Crippen molar-refractivity contribution in [1.29, 1.82) is 0 Å². The van der Waals surface area contributed by atoms with Crippen molar-refractivity contribution < 1.29 is 9.59 Å². The molecule has 5 nitrogen and oxygen atoms in total. The van der Waals surface area contributed by atoms with Crippen LogP contribution in [0.15, 0.2) is 0 Å². The van der Waals surface area contributed by atoms with Gasteiger partial charge in [-0.15, -0.1) is 0 Å². The van der Waals surface area contributed by atoms with Crippen LogP contribution in [0.5, 0.6) is 0 Å². The minimum Gasteiger partial charge on any atom is -0.355 e. The van der Waals surface area contributed by atoms with Gasteiger partial charge in [0.15, 0.2) is 0 Å². The molecule has 1 aliphatic heterocycles. The lowest BCUT2D eigenvalue weighted by atomic mass is 9.91. The number of nitrogens with two attached hydrogens (primary N) is 1. The summed E-state index contributed by atoms with van der Waals surface area (Å²) in [5, 5.41) is 3.01. The van der Waals surface area contributed by atoms with Gasteiger partial charge in [-0.25, -0.2) is 0 Å². The molecule has 3 N–H and O–H groups in total. The van der Waals surface area contributed by atoms with E-state index in [0.29, 0.717) is 25.4 Å². The molecule has 0 aromatic carbocycles. The molecule has 5 heteroatoms. The molecule has 0 aromatic rings. The van der Waals surface area contributed by atoms with E-state index in [1.54, 1.807) is 0 Å². The van der Waals surface area contributed by atoms with E-state index in [4.69, 9.17) is 5.73 Å². The topological polar surface area (TPSA) is 75.4 Å². The minimum absolute atomic E-state index is 0.0428. The Hall–Kier alpha value is -1.10. The van der Waals surface area contributed by atoms with E-state index in [9.17, 15) is 9.59 Å². The highest BCUT2D eigenvalue weighted by Crippen LogP contribution is 2.21. The van der Waals surface area contributed by atoms with Gasteiger partial charge in [-0.3, -0.25) is 9.59 Å². The zero-order chi connectivity index (χ0) is 17.0. The predicted molar refractivity (Wildman–Crippen MR) is 89.3 cm³/mol. The molecule has 1 rings (SSSR count). The van der Waals surface area contributed by atoms with E-state index < -0.39 is 5.54 Å². The summed E-state index contributed by atoms with van der Waals surface area (Å²) in [6.45, 7) is 11.7. The van der Waals surface area contributed by atoms with E-state index in [0.717, 1.165) is 25.8 Å². The number of nitrogens with zero attached hydrogens (tertiary/aromatic N) is 1. The van der Waals surface area contributed by atoms with Gasteiger partial charge in [0, 0.05) is 25.0 Å². The zero-order valence-corrected chi connectivity index (χ0v) is 14.9. The predicted octanol–water partition coefficient (Wildman–Crippen LogP) is 1.90. The maximum absolute atomic E-state index is 12.6. The summed E-state index contributed by atoms with van der Waals surface area (Å²) >= 11 is 0. The van der Waals surface area contributed by atoms with Crippen LogP contribution in [0.3, 0.4) is 0 Å². The van der Waals surface area contributed by atoms with Crippen molar-refractivity contribution in [2.45, 2.75) is 65.8 Å². The molecule has 1 heterocycles. The molecule has 0 aliphatic carbocycles. The Labute approximate surface area is 135 Å². The first-order valence-electron chi connectivity index (χ1n) is 8.44. The van der Waals surface area contributed by atoms with Gasteiger partial charge in [0.25, 0.3) is 0 Å². The third kappa shape index (κ3) is 5.27. The Balaban J connectivity index is 2.55. The van der Waals surface area contributed by atoms with Crippen molar-refractivity contribution >= 4 is 11.8 Å². The molecule has 1 saturated heterocycles. The minimum atomic E-state index is -0.773. The van der Waals surface area contributed by atoms with Crippen molar-refractivity contribution in [2.75, 3.05) is 19.6 Å². The summed E-state index contributed by atoms with van der Waals surface area (Å²) in [5.41, 5.74) is 5.02. The summed E-state index contributed by atoms with van der Waals surface area (Å²) < 4.78 is 0. The summed E-state index contributed by atoms with van der Waals surface area (Å²) in [5.74, 6) is 0.424. The largest absolute Gasteiger partial charge is 0.355 e. The third-order valence-corrected chi connectivity index (χ3v) is 4.30. The average molecular weight is 311 g/mol. The number of piperidine rings is 1. The quantitative estimate of drug-likeness (QED) is 0.814. The van der Waals surface area contributed by atoms with Crippen LogP contribution in [0.25, 0.3) is 0 Å². The van der Waals surface area contributed by atoms with E-state index in [2.05, 4.69) is 5.32 Å². The normalized spacial score (nSPS) is 22.1. The Morgan fingerprint density at radius 3 is 2.45 bits per heavy atom. The van der Waals surface area contributed by atoms with Crippen LogP contribution >= 0.6 is 0 Å². The van der Waals surface area contributed by atoms with E-state index in [1.165, 1.54) is 0 Å². The van der Waals surface area contributed by atoms with Crippen LogP contribution in [0.4, 0.5) is 0 Å². The molecular formula is C17H33N3O2. The van der Waals surface area contributed by atoms with Crippen molar-refractivity contribution in [3.05, 3.63) is 0 Å². The molecule has 2 atom stereocenters. The fraction of sp³-hybridized carbons (Fsp3) is 0.882. The number of carbonyl (C=O) groups is 2. The second-order valence-corrected chi connectivity index (χ2v) is 7.89. The van der Waals surface area contributed by atoms with Crippen molar-refractivity contribution in [2.24, 2.45) is 17.1 Å². The average Bonchev–Trinajstić information content (AvgIpc) is 2.43. The van der Waals surface area contributed by atoms with E-state index in [1.807, 2.05) is 39.5 Å². The van der Waals surface area contributed by atoms with Gasteiger partial charge in [0.1, 0.15) is 0 Å². The lowest BCUT2D eigenvalue weighted by molar-refractivity contribution is -0.138. The summed E-state index contributed by atoms with van der Waals surface area (Å²) in [6.07, 6.45) is 3.62. The van der Waals surface area contributed by atoms with Crippen LogP contribution in [0, 0.1) is 11.3 Å². The van der Waals surface area contributed by atoms with Gasteiger partial charge in [0.2, 0.25) is 11.8 Å². The lowest BCUT2D eigenvalue weighted by Gasteiger charge is -2.37. The molecule has 0 spiro atoms. The number of hydrogen-bond donors (Lipinski definition) is 2. The van der Waals surface area contributed by atoms with Gasteiger partial charge in [-0.1, -0.05) is 34.1 Å². The summed E-state index contributed by atoms with van der Waals surface area (Å²) in [4.78, 5) is 26.4. The molecule has 2 unspecified atom stereocenters. The van der Waals surface area contributed by atoms with Gasteiger partial charge < -0.3 is 16.0 Å². The van der Waals surface area contributed by atoms with Crippen molar-refractivity contribution in [1.82, 2.24) is 10.2 Å². The maximum atomic E-state index is 12.6. The van der Waals surface area contributed by atoms with Crippen LogP contribution < -0.4 is 11.1 Å². The first-order valence-corrected chi connectivity index (χ1v) is 8.44. The SMILES string of the molecule is CCCC(C)(N)C(=O)N1CCCC(CNC(=O)C(C)(C)C)C1. The second-order valence-electron chi connectivity index (χ2n) is 7.89. The fourth-order valence-electron chi connectivity index (χ4n) is 2.91. The van der Waals surface area contributed by atoms with Gasteiger partial charge in [0.05, 0.1) is 5.54 Å². The molecule has 0 bridgehead atoms. The molecule has 1 aliphatic rings. The highest BCUT2D eigenvalue weighted by atomic mass is 16.2. The first-order chi connectivity index (χ1) is 10.1. The number of amides is 2. The number of hydrogen-bond acceptors (Lipinski definition) is 3. The molecule has 0 radical (unpaired) electrons. The number of nitrogens with one attached hydrogen (secondary N) is 1. The molecule has 128 valence electrons. The standard InChI is InChI=1S/C17H33N3O2/c1-6-9-17(5,18)15(22)20-10-7-8-13(12-20)11-19-14(21)16(2,3)4/h13H,6-12,18H2,1-5H3,(H,19,21). The van der Waals surface area contributed by atoms with Crippen LogP contribution in [0.1, 0.15) is 60.3 Å². The Morgan fingerprint density at radius 2 is 1.91 bits per heavy atom. The fourth-order valence-corrected chi connectivity index (χ4v) is 2.91. The van der Waals surface area contributed by atoms with E-state index >= 15 is 0 Å². The highest BCUT2D eigenvalue weighted by molar-refractivity contribution is 5.85. The Bertz CT molecular complexity index is 399. The van der Waals surface area contributed by atoms with Crippen LogP contribution in [-0.4, -0.2) is 41.9 Å². The molecular weight excluding hydrogens is 278 g/mol. The molecule has 0 aromatic heterocycles. The molecule has 2 amide bonds. The van der Waals surface area contributed by atoms with Gasteiger partial charge in [-0.05, 0) is 32.1 Å². The number of carbonyl (C=O) groups excluding carboxylic acids is 2. The van der Waals surface area contributed by atoms with Crippen LogP contribution in [0.2, 0.25) is 0 Å². The molecule has 1 fully saturated rings. The monoisotopic (exact) mass is 311 g/mol. The highest BCUT2D eigenvalue weighted by Gasteiger charge is 2.34.